The fourth-order valence-electron chi connectivity index (χ4n) is 3.92. The summed E-state index contributed by atoms with van der Waals surface area (Å²) in [6, 6.07) is 9.48. The summed E-state index contributed by atoms with van der Waals surface area (Å²) in [4.78, 5) is 25.8. The molecule has 2 aliphatic rings. The van der Waals surface area contributed by atoms with Crippen molar-refractivity contribution < 1.29 is 23.6 Å². The Balaban J connectivity index is 1.49. The highest BCUT2D eigenvalue weighted by molar-refractivity contribution is 6.62. The Hall–Kier alpha value is -2.65. The first-order valence-corrected chi connectivity index (χ1v) is 12.3. The van der Waals surface area contributed by atoms with Gasteiger partial charge in [0, 0.05) is 12.0 Å². The van der Waals surface area contributed by atoms with Gasteiger partial charge in [-0.15, -0.1) is 5.10 Å². The van der Waals surface area contributed by atoms with Crippen LogP contribution >= 0.6 is 0 Å². The Bertz CT molecular complexity index is 1110. The summed E-state index contributed by atoms with van der Waals surface area (Å²) in [6.45, 7) is 15.3. The molecule has 0 spiro atoms. The lowest BCUT2D eigenvalue weighted by Gasteiger charge is -2.32. The minimum atomic E-state index is -0.635. The van der Waals surface area contributed by atoms with Crippen molar-refractivity contribution in [2.75, 3.05) is 5.32 Å². The summed E-state index contributed by atoms with van der Waals surface area (Å²) >= 11 is 0. The van der Waals surface area contributed by atoms with Gasteiger partial charge in [-0.25, -0.2) is 4.79 Å². The number of carbonyl (C=O) groups is 2. The lowest BCUT2D eigenvalue weighted by atomic mass is 9.77. The molecule has 4 rings (SSSR count). The minimum Gasteiger partial charge on any atom is -0.442 e. The summed E-state index contributed by atoms with van der Waals surface area (Å²) in [5.41, 5.74) is 0.954. The monoisotopic (exact) mass is 481 g/mol. The zero-order chi connectivity index (χ0) is 25.8. The van der Waals surface area contributed by atoms with Gasteiger partial charge in [-0.1, -0.05) is 24.3 Å². The van der Waals surface area contributed by atoms with Crippen LogP contribution in [-0.2, 0) is 18.8 Å². The topological polar surface area (TPSA) is 91.7 Å². The van der Waals surface area contributed by atoms with E-state index in [0.717, 1.165) is 29.6 Å². The molecule has 0 unspecified atom stereocenters. The maximum Gasteiger partial charge on any atom is 0.494 e. The SMILES string of the molecule is C[C@H](C(=O)Nc1cc(C2CC2)n(C(=O)OC(C)(C)C)n1)c1cccc(B2OC(C)(C)C(C)(C)O2)c1. The van der Waals surface area contributed by atoms with Gasteiger partial charge in [0.15, 0.2) is 5.82 Å². The van der Waals surface area contributed by atoms with Gasteiger partial charge in [0.2, 0.25) is 5.91 Å². The van der Waals surface area contributed by atoms with Crippen LogP contribution in [0.1, 0.15) is 91.3 Å². The number of hydrogen-bond donors (Lipinski definition) is 1. The van der Waals surface area contributed by atoms with Crippen molar-refractivity contribution in [3.05, 3.63) is 41.6 Å². The van der Waals surface area contributed by atoms with Crippen molar-refractivity contribution in [3.8, 4) is 0 Å². The van der Waals surface area contributed by atoms with E-state index in [0.29, 0.717) is 5.82 Å². The highest BCUT2D eigenvalue weighted by Gasteiger charge is 2.51. The lowest BCUT2D eigenvalue weighted by Crippen LogP contribution is -2.41. The Morgan fingerprint density at radius 3 is 2.34 bits per heavy atom. The number of benzene rings is 1. The number of anilines is 1. The smallest absolute Gasteiger partial charge is 0.442 e. The van der Waals surface area contributed by atoms with E-state index in [1.807, 2.05) is 79.7 Å². The molecule has 2 heterocycles. The van der Waals surface area contributed by atoms with Crippen LogP contribution in [0.5, 0.6) is 0 Å². The Labute approximate surface area is 207 Å². The normalized spacial score (nSPS) is 19.9. The predicted octanol–water partition coefficient (Wildman–Crippen LogP) is 4.59. The quantitative estimate of drug-likeness (QED) is 0.629. The van der Waals surface area contributed by atoms with E-state index < -0.39 is 35.9 Å². The van der Waals surface area contributed by atoms with Gasteiger partial charge in [-0.3, -0.25) is 4.79 Å². The molecule has 1 aliphatic heterocycles. The third-order valence-corrected chi connectivity index (χ3v) is 6.88. The van der Waals surface area contributed by atoms with E-state index >= 15 is 0 Å². The van der Waals surface area contributed by atoms with Gasteiger partial charge >= 0.3 is 13.2 Å². The molecule has 8 nitrogen and oxygen atoms in total. The van der Waals surface area contributed by atoms with E-state index in [-0.39, 0.29) is 11.8 Å². The second-order valence-corrected chi connectivity index (χ2v) is 11.6. The molecule has 1 atom stereocenters. The van der Waals surface area contributed by atoms with Crippen molar-refractivity contribution in [1.29, 1.82) is 0 Å². The Morgan fingerprint density at radius 2 is 1.77 bits per heavy atom. The number of nitrogens with zero attached hydrogens (tertiary/aromatic N) is 2. The minimum absolute atomic E-state index is 0.216. The van der Waals surface area contributed by atoms with E-state index in [9.17, 15) is 9.59 Å². The molecule has 1 saturated carbocycles. The highest BCUT2D eigenvalue weighted by Crippen LogP contribution is 2.41. The van der Waals surface area contributed by atoms with Crippen LogP contribution in [0, 0.1) is 0 Å². The number of ether oxygens (including phenoxy) is 1. The van der Waals surface area contributed by atoms with Crippen LogP contribution < -0.4 is 10.8 Å². The van der Waals surface area contributed by atoms with Crippen LogP contribution in [0.4, 0.5) is 10.6 Å². The number of nitrogens with one attached hydrogen (secondary N) is 1. The summed E-state index contributed by atoms with van der Waals surface area (Å²) in [5, 5.41) is 7.23. The third kappa shape index (κ3) is 5.46. The fourth-order valence-corrected chi connectivity index (χ4v) is 3.92. The average molecular weight is 481 g/mol. The van der Waals surface area contributed by atoms with Crippen LogP contribution in [0.2, 0.25) is 0 Å². The summed E-state index contributed by atoms with van der Waals surface area (Å²) in [6.07, 6.45) is 1.44. The van der Waals surface area contributed by atoms with Gasteiger partial charge in [-0.2, -0.15) is 4.68 Å². The molecule has 9 heteroatoms. The van der Waals surface area contributed by atoms with Crippen molar-refractivity contribution in [2.24, 2.45) is 0 Å². The van der Waals surface area contributed by atoms with Gasteiger partial charge in [0.25, 0.3) is 0 Å². The maximum atomic E-state index is 13.1. The van der Waals surface area contributed by atoms with Crippen molar-refractivity contribution in [1.82, 2.24) is 9.78 Å². The van der Waals surface area contributed by atoms with Gasteiger partial charge < -0.3 is 19.4 Å². The molecule has 1 aromatic heterocycles. The summed E-state index contributed by atoms with van der Waals surface area (Å²) in [7, 11) is -0.499. The first-order chi connectivity index (χ1) is 16.2. The molecule has 2 fully saturated rings. The van der Waals surface area contributed by atoms with Gasteiger partial charge in [0.1, 0.15) is 5.60 Å². The predicted molar refractivity (Wildman–Crippen MR) is 135 cm³/mol. The van der Waals surface area contributed by atoms with Crippen molar-refractivity contribution >= 4 is 30.4 Å². The average Bonchev–Trinajstić information content (AvgIpc) is 3.46. The first-order valence-electron chi connectivity index (χ1n) is 12.3. The summed E-state index contributed by atoms with van der Waals surface area (Å²) in [5.74, 6) is -0.0629. The zero-order valence-corrected chi connectivity index (χ0v) is 22.0. The molecule has 1 aliphatic carbocycles. The van der Waals surface area contributed by atoms with E-state index in [1.54, 1.807) is 6.07 Å². The van der Waals surface area contributed by atoms with E-state index in [1.165, 1.54) is 4.68 Å². The molecule has 1 N–H and O–H groups in total. The Kier molecular flexibility index (Phi) is 6.39. The maximum absolute atomic E-state index is 13.1. The van der Waals surface area contributed by atoms with Crippen LogP contribution in [0.3, 0.4) is 0 Å². The third-order valence-electron chi connectivity index (χ3n) is 6.88. The van der Waals surface area contributed by atoms with Crippen LogP contribution in [0.25, 0.3) is 0 Å². The molecule has 1 aromatic carbocycles. The molecule has 188 valence electrons. The lowest BCUT2D eigenvalue weighted by molar-refractivity contribution is -0.117. The summed E-state index contributed by atoms with van der Waals surface area (Å²) < 4.78 is 19.1. The fraction of sp³-hybridized carbons (Fsp3) is 0.577. The first kappa shape index (κ1) is 25.4. The molecule has 0 radical (unpaired) electrons. The number of amides is 1. The van der Waals surface area contributed by atoms with E-state index in [2.05, 4.69) is 10.4 Å². The molecule has 2 aromatic rings. The molecule has 1 saturated heterocycles. The van der Waals surface area contributed by atoms with Gasteiger partial charge in [0.05, 0.1) is 22.8 Å². The van der Waals surface area contributed by atoms with Crippen molar-refractivity contribution in [2.45, 2.75) is 96.9 Å². The number of aromatic nitrogens is 2. The number of rotatable bonds is 5. The Morgan fingerprint density at radius 1 is 1.14 bits per heavy atom. The standard InChI is InChI=1S/C26H36BN3O5/c1-16(18-10-9-11-19(14-18)27-34-25(5,6)26(7,8)35-27)22(31)28-21-15-20(17-12-13-17)30(29-21)23(32)33-24(2,3)4/h9-11,14-17H,12-13H2,1-8H3,(H,28,29,31)/t16-/m0/s1. The largest absolute Gasteiger partial charge is 0.494 e. The van der Waals surface area contributed by atoms with Gasteiger partial charge in [-0.05, 0) is 79.3 Å². The number of carbonyl (C=O) groups excluding carboxylic acids is 2. The molecular formula is C26H36BN3O5. The second-order valence-electron chi connectivity index (χ2n) is 11.6. The van der Waals surface area contributed by atoms with E-state index in [4.69, 9.17) is 14.0 Å². The zero-order valence-electron chi connectivity index (χ0n) is 22.0. The molecule has 0 bridgehead atoms. The molecule has 35 heavy (non-hydrogen) atoms. The van der Waals surface area contributed by atoms with Crippen LogP contribution in [-0.4, -0.2) is 45.7 Å². The molecule has 1 amide bonds. The number of hydrogen-bond acceptors (Lipinski definition) is 6. The molecular weight excluding hydrogens is 445 g/mol. The second kappa shape index (κ2) is 8.78. The highest BCUT2D eigenvalue weighted by atomic mass is 16.7. The van der Waals surface area contributed by atoms with Crippen LogP contribution in [0.15, 0.2) is 30.3 Å². The van der Waals surface area contributed by atoms with Crippen molar-refractivity contribution in [3.63, 3.8) is 0 Å².